The number of amides is 1. The van der Waals surface area contributed by atoms with Crippen LogP contribution in [0.15, 0.2) is 48.7 Å². The molecule has 3 aromatic rings. The Morgan fingerprint density at radius 2 is 1.57 bits per heavy atom. The highest BCUT2D eigenvalue weighted by Gasteiger charge is 2.28. The van der Waals surface area contributed by atoms with Gasteiger partial charge in [0, 0.05) is 61.6 Å². The second-order valence-corrected chi connectivity index (χ2v) is 11.5. The van der Waals surface area contributed by atoms with E-state index in [2.05, 4.69) is 25.0 Å². The van der Waals surface area contributed by atoms with Crippen molar-refractivity contribution in [2.24, 2.45) is 0 Å². The molecular weight excluding hydrogens is 579 g/mol. The number of anilines is 1. The molecule has 2 saturated heterocycles. The van der Waals surface area contributed by atoms with Crippen LogP contribution < -0.4 is 10.2 Å². The average molecular weight is 609 g/mol. The predicted octanol–water partition coefficient (Wildman–Crippen LogP) is 6.04. The van der Waals surface area contributed by atoms with E-state index in [9.17, 15) is 13.6 Å². The third kappa shape index (κ3) is 7.22. The fourth-order valence-electron chi connectivity index (χ4n) is 5.42. The molecule has 0 aliphatic carbocycles. The van der Waals surface area contributed by atoms with Gasteiger partial charge in [0.05, 0.1) is 10.6 Å². The van der Waals surface area contributed by atoms with E-state index < -0.39 is 11.6 Å². The zero-order valence-corrected chi connectivity index (χ0v) is 24.1. The normalized spacial score (nSPS) is 17.3. The van der Waals surface area contributed by atoms with Gasteiger partial charge in [0.15, 0.2) is 11.6 Å². The fourth-order valence-corrected chi connectivity index (χ4v) is 6.28. The molecule has 2 fully saturated rings. The third-order valence-electron chi connectivity index (χ3n) is 7.54. The first-order chi connectivity index (χ1) is 19.2. The Morgan fingerprint density at radius 1 is 0.875 bits per heavy atom. The number of benzene rings is 2. The lowest BCUT2D eigenvalue weighted by molar-refractivity contribution is 0.0950. The molecule has 212 valence electrons. The highest BCUT2D eigenvalue weighted by Crippen LogP contribution is 2.27. The van der Waals surface area contributed by atoms with Gasteiger partial charge in [-0.2, -0.15) is 0 Å². The summed E-state index contributed by atoms with van der Waals surface area (Å²) in [6.07, 6.45) is 3.62. The molecule has 0 unspecified atom stereocenters. The van der Waals surface area contributed by atoms with Crippen LogP contribution in [0.5, 0.6) is 0 Å². The van der Waals surface area contributed by atoms with Crippen molar-refractivity contribution in [3.05, 3.63) is 92.1 Å². The molecule has 1 aromatic heterocycles. The lowest BCUT2D eigenvalue weighted by Gasteiger charge is -2.43. The first-order valence-electron chi connectivity index (χ1n) is 13.3. The molecule has 0 bridgehead atoms. The molecule has 3 heterocycles. The van der Waals surface area contributed by atoms with Crippen LogP contribution >= 0.6 is 34.8 Å². The number of carbonyl (C=O) groups excluding carboxylic acids is 1. The summed E-state index contributed by atoms with van der Waals surface area (Å²) in [5, 5.41) is 4.31. The Labute approximate surface area is 247 Å². The average Bonchev–Trinajstić information content (AvgIpc) is 2.94. The lowest BCUT2D eigenvalue weighted by Crippen LogP contribution is -2.53. The van der Waals surface area contributed by atoms with E-state index in [1.54, 1.807) is 36.5 Å². The molecule has 0 atom stereocenters. The zero-order valence-electron chi connectivity index (χ0n) is 21.9. The van der Waals surface area contributed by atoms with E-state index in [1.165, 1.54) is 12.1 Å². The van der Waals surface area contributed by atoms with Gasteiger partial charge in [-0.05, 0) is 73.5 Å². The highest BCUT2D eigenvalue weighted by atomic mass is 35.5. The third-order valence-corrected chi connectivity index (χ3v) is 8.25. The summed E-state index contributed by atoms with van der Waals surface area (Å²) in [7, 11) is 0. The fraction of sp³-hybridized carbons (Fsp3) is 0.379. The van der Waals surface area contributed by atoms with Crippen molar-refractivity contribution < 1.29 is 13.6 Å². The minimum atomic E-state index is -0.810. The number of aromatic nitrogens is 1. The summed E-state index contributed by atoms with van der Waals surface area (Å²) >= 11 is 18.6. The Morgan fingerprint density at radius 3 is 2.23 bits per heavy atom. The molecule has 40 heavy (non-hydrogen) atoms. The van der Waals surface area contributed by atoms with Crippen LogP contribution in [0, 0.1) is 11.6 Å². The van der Waals surface area contributed by atoms with Crippen molar-refractivity contribution in [3.63, 3.8) is 0 Å². The van der Waals surface area contributed by atoms with Crippen LogP contribution in [0.4, 0.5) is 14.6 Å². The van der Waals surface area contributed by atoms with Gasteiger partial charge in [-0.1, -0.05) is 40.9 Å². The summed E-state index contributed by atoms with van der Waals surface area (Å²) in [5.41, 5.74) is 1.98. The molecule has 0 spiro atoms. The van der Waals surface area contributed by atoms with Crippen molar-refractivity contribution in [3.8, 4) is 0 Å². The van der Waals surface area contributed by atoms with Crippen LogP contribution in [0.25, 0.3) is 0 Å². The molecule has 1 N–H and O–H groups in total. The van der Waals surface area contributed by atoms with Gasteiger partial charge in [0.2, 0.25) is 0 Å². The standard InChI is InChI=1S/C29H30Cl3F2N5O/c30-22-11-20(12-23(31)15-22)16-36-29(40)21-14-25(32)28(35-17-21)39-9-7-38(8-10-39)24-3-5-37(6-4-24)18-19-1-2-26(33)27(34)13-19/h1-2,11-15,17,24H,3-10,16,18H2,(H,36,40). The Balaban J connectivity index is 1.09. The van der Waals surface area contributed by atoms with Gasteiger partial charge in [0.25, 0.3) is 5.91 Å². The Bertz CT molecular complexity index is 1340. The van der Waals surface area contributed by atoms with Gasteiger partial charge in [-0.25, -0.2) is 13.8 Å². The van der Waals surface area contributed by atoms with Crippen molar-refractivity contribution in [2.75, 3.05) is 44.2 Å². The molecule has 2 aromatic carbocycles. The van der Waals surface area contributed by atoms with Crippen molar-refractivity contribution in [1.29, 1.82) is 0 Å². The summed E-state index contributed by atoms with van der Waals surface area (Å²) in [5.74, 6) is -1.20. The topological polar surface area (TPSA) is 51.7 Å². The first kappa shape index (κ1) is 29.0. The van der Waals surface area contributed by atoms with E-state index >= 15 is 0 Å². The summed E-state index contributed by atoms with van der Waals surface area (Å²) in [4.78, 5) is 24.2. The molecule has 0 radical (unpaired) electrons. The number of rotatable bonds is 7. The minimum Gasteiger partial charge on any atom is -0.353 e. The molecule has 0 saturated carbocycles. The van der Waals surface area contributed by atoms with Gasteiger partial charge in [-0.15, -0.1) is 0 Å². The predicted molar refractivity (Wildman–Crippen MR) is 155 cm³/mol. The van der Waals surface area contributed by atoms with E-state index in [0.717, 1.165) is 63.2 Å². The number of carbonyl (C=O) groups is 1. The summed E-state index contributed by atoms with van der Waals surface area (Å²) in [6.45, 7) is 6.14. The van der Waals surface area contributed by atoms with Crippen molar-refractivity contribution in [1.82, 2.24) is 20.1 Å². The maximum atomic E-state index is 13.5. The largest absolute Gasteiger partial charge is 0.353 e. The summed E-state index contributed by atoms with van der Waals surface area (Å²) in [6, 6.07) is 11.4. The van der Waals surface area contributed by atoms with E-state index in [4.69, 9.17) is 34.8 Å². The monoisotopic (exact) mass is 607 g/mol. The number of nitrogens with zero attached hydrogens (tertiary/aromatic N) is 4. The SMILES string of the molecule is O=C(NCc1cc(Cl)cc(Cl)c1)c1cnc(N2CCN(C3CCN(Cc4ccc(F)c(F)c4)CC3)CC2)c(Cl)c1. The minimum absolute atomic E-state index is 0.280. The number of nitrogens with one attached hydrogen (secondary N) is 1. The maximum Gasteiger partial charge on any atom is 0.253 e. The molecule has 11 heteroatoms. The van der Waals surface area contributed by atoms with Crippen LogP contribution in [0.3, 0.4) is 0 Å². The smallest absolute Gasteiger partial charge is 0.253 e. The van der Waals surface area contributed by atoms with E-state index in [0.29, 0.717) is 39.0 Å². The van der Waals surface area contributed by atoms with E-state index in [-0.39, 0.29) is 12.5 Å². The zero-order chi connectivity index (χ0) is 28.2. The molecule has 5 rings (SSSR count). The summed E-state index contributed by atoms with van der Waals surface area (Å²) < 4.78 is 26.8. The van der Waals surface area contributed by atoms with Gasteiger partial charge < -0.3 is 10.2 Å². The number of piperazine rings is 1. The number of piperidine rings is 1. The van der Waals surface area contributed by atoms with Gasteiger partial charge >= 0.3 is 0 Å². The second-order valence-electron chi connectivity index (χ2n) is 10.3. The lowest BCUT2D eigenvalue weighted by atomic mass is 10.0. The van der Waals surface area contributed by atoms with Crippen LogP contribution in [-0.4, -0.2) is 66.0 Å². The Hall–Kier alpha value is -2.49. The first-order valence-corrected chi connectivity index (χ1v) is 14.4. The number of pyridine rings is 1. The molecular formula is C29H30Cl3F2N5O. The quantitative estimate of drug-likeness (QED) is 0.355. The molecule has 2 aliphatic heterocycles. The molecule has 1 amide bonds. The highest BCUT2D eigenvalue weighted by molar-refractivity contribution is 6.34. The van der Waals surface area contributed by atoms with Gasteiger partial charge in [-0.3, -0.25) is 14.6 Å². The number of halogens is 5. The number of hydrogen-bond acceptors (Lipinski definition) is 5. The van der Waals surface area contributed by atoms with Crippen LogP contribution in [-0.2, 0) is 13.1 Å². The van der Waals surface area contributed by atoms with Gasteiger partial charge in [0.1, 0.15) is 5.82 Å². The second kappa shape index (κ2) is 13.0. The van der Waals surface area contributed by atoms with E-state index in [1.807, 2.05) is 0 Å². The number of likely N-dealkylation sites (tertiary alicyclic amines) is 1. The van der Waals surface area contributed by atoms with Crippen LogP contribution in [0.1, 0.15) is 34.3 Å². The van der Waals surface area contributed by atoms with Crippen molar-refractivity contribution >= 4 is 46.5 Å². The maximum absolute atomic E-state index is 13.5. The Kier molecular flexibility index (Phi) is 9.43. The number of hydrogen-bond donors (Lipinski definition) is 1. The molecule has 6 nitrogen and oxygen atoms in total. The molecule has 2 aliphatic rings. The van der Waals surface area contributed by atoms with Crippen LogP contribution in [0.2, 0.25) is 15.1 Å². The van der Waals surface area contributed by atoms with Crippen molar-refractivity contribution in [2.45, 2.75) is 32.0 Å².